The molecule has 1 atom stereocenters. The quantitative estimate of drug-likeness (QED) is 0.867. The molecule has 0 aromatic carbocycles. The predicted octanol–water partition coefficient (Wildman–Crippen LogP) is 1.25. The van der Waals surface area contributed by atoms with Gasteiger partial charge in [0, 0.05) is 37.9 Å². The monoisotopic (exact) mass is 277 g/mol. The summed E-state index contributed by atoms with van der Waals surface area (Å²) in [6, 6.07) is 1.73. The Kier molecular flexibility index (Phi) is 4.22. The summed E-state index contributed by atoms with van der Waals surface area (Å²) in [4.78, 5) is 28.4. The van der Waals surface area contributed by atoms with Gasteiger partial charge in [-0.2, -0.15) is 0 Å². The van der Waals surface area contributed by atoms with E-state index in [9.17, 15) is 9.59 Å². The van der Waals surface area contributed by atoms with Gasteiger partial charge in [-0.3, -0.25) is 9.78 Å². The highest BCUT2D eigenvalue weighted by Crippen LogP contribution is 2.23. The number of aromatic nitrogens is 1. The lowest BCUT2D eigenvalue weighted by molar-refractivity contribution is -0.144. The zero-order valence-electron chi connectivity index (χ0n) is 11.7. The molecule has 1 aliphatic rings. The third-order valence-electron chi connectivity index (χ3n) is 3.86. The first-order chi connectivity index (χ1) is 9.49. The Morgan fingerprint density at radius 3 is 2.85 bits per heavy atom. The van der Waals surface area contributed by atoms with Gasteiger partial charge in [-0.15, -0.1) is 0 Å². The van der Waals surface area contributed by atoms with Crippen molar-refractivity contribution in [2.75, 3.05) is 13.1 Å². The number of hydrogen-bond donors (Lipinski definition) is 2. The molecule has 108 valence electrons. The maximum atomic E-state index is 11.9. The van der Waals surface area contributed by atoms with Gasteiger partial charge in [0.1, 0.15) is 0 Å². The summed E-state index contributed by atoms with van der Waals surface area (Å²) in [6.45, 7) is 5.11. The van der Waals surface area contributed by atoms with Crippen molar-refractivity contribution in [2.24, 2.45) is 11.8 Å². The van der Waals surface area contributed by atoms with Gasteiger partial charge in [0.05, 0.1) is 5.92 Å². The molecule has 1 fully saturated rings. The highest BCUT2D eigenvalue weighted by Gasteiger charge is 2.37. The minimum absolute atomic E-state index is 0.0564. The van der Waals surface area contributed by atoms with Crippen molar-refractivity contribution in [3.63, 3.8) is 0 Å². The van der Waals surface area contributed by atoms with Crippen molar-refractivity contribution in [2.45, 2.75) is 20.4 Å². The van der Waals surface area contributed by atoms with Gasteiger partial charge in [-0.05, 0) is 24.1 Å². The van der Waals surface area contributed by atoms with Crippen LogP contribution in [0.4, 0.5) is 4.79 Å². The van der Waals surface area contributed by atoms with Crippen LogP contribution in [0.1, 0.15) is 18.1 Å². The molecule has 2 heterocycles. The van der Waals surface area contributed by atoms with Crippen LogP contribution in [0.25, 0.3) is 0 Å². The number of aryl methyl sites for hydroxylation is 1. The van der Waals surface area contributed by atoms with Crippen LogP contribution in [0.2, 0.25) is 0 Å². The second-order valence-corrected chi connectivity index (χ2v) is 5.25. The first-order valence-corrected chi connectivity index (χ1v) is 6.64. The predicted molar refractivity (Wildman–Crippen MR) is 73.1 cm³/mol. The van der Waals surface area contributed by atoms with Gasteiger partial charge in [0.15, 0.2) is 0 Å². The number of nitrogens with one attached hydrogen (secondary N) is 1. The summed E-state index contributed by atoms with van der Waals surface area (Å²) < 4.78 is 0. The number of urea groups is 1. The van der Waals surface area contributed by atoms with E-state index < -0.39 is 11.9 Å². The van der Waals surface area contributed by atoms with Crippen molar-refractivity contribution in [1.82, 2.24) is 15.2 Å². The van der Waals surface area contributed by atoms with Crippen LogP contribution in [0.5, 0.6) is 0 Å². The van der Waals surface area contributed by atoms with E-state index in [2.05, 4.69) is 10.3 Å². The number of rotatable bonds is 4. The first kappa shape index (κ1) is 14.3. The Bertz CT molecular complexity index is 512. The maximum absolute atomic E-state index is 11.9. The molecule has 1 saturated heterocycles. The lowest BCUT2D eigenvalue weighted by Crippen LogP contribution is -2.56. The largest absolute Gasteiger partial charge is 0.481 e. The molecular weight excluding hydrogens is 258 g/mol. The SMILES string of the molecule is Cc1cnccc1CNC(=O)N1CC(C(C)C(=O)O)C1. The molecule has 6 heteroatoms. The molecule has 20 heavy (non-hydrogen) atoms. The molecule has 2 rings (SSSR count). The van der Waals surface area contributed by atoms with E-state index in [1.54, 1.807) is 24.2 Å². The zero-order chi connectivity index (χ0) is 14.7. The van der Waals surface area contributed by atoms with E-state index in [0.717, 1.165) is 11.1 Å². The average molecular weight is 277 g/mol. The number of hydrogen-bond acceptors (Lipinski definition) is 3. The van der Waals surface area contributed by atoms with E-state index in [1.807, 2.05) is 13.0 Å². The second kappa shape index (κ2) is 5.90. The van der Waals surface area contributed by atoms with Gasteiger partial charge < -0.3 is 15.3 Å². The van der Waals surface area contributed by atoms with Crippen molar-refractivity contribution in [3.8, 4) is 0 Å². The fourth-order valence-corrected chi connectivity index (χ4v) is 2.18. The maximum Gasteiger partial charge on any atom is 0.317 e. The van der Waals surface area contributed by atoms with Gasteiger partial charge in [-0.1, -0.05) is 6.92 Å². The molecule has 0 aliphatic carbocycles. The number of likely N-dealkylation sites (tertiary alicyclic amines) is 1. The highest BCUT2D eigenvalue weighted by atomic mass is 16.4. The summed E-state index contributed by atoms with van der Waals surface area (Å²) in [5.74, 6) is -1.15. The lowest BCUT2D eigenvalue weighted by atomic mass is 9.87. The van der Waals surface area contributed by atoms with Crippen molar-refractivity contribution >= 4 is 12.0 Å². The summed E-state index contributed by atoms with van der Waals surface area (Å²) in [5, 5.41) is 11.7. The summed E-state index contributed by atoms with van der Waals surface area (Å²) in [5.41, 5.74) is 2.07. The normalized spacial score (nSPS) is 16.4. The van der Waals surface area contributed by atoms with Crippen LogP contribution in [0, 0.1) is 18.8 Å². The molecule has 1 aromatic heterocycles. The van der Waals surface area contributed by atoms with E-state index >= 15 is 0 Å². The molecule has 6 nitrogen and oxygen atoms in total. The molecule has 2 N–H and O–H groups in total. The van der Waals surface area contributed by atoms with Crippen LogP contribution in [0.15, 0.2) is 18.5 Å². The lowest BCUT2D eigenvalue weighted by Gasteiger charge is -2.41. The van der Waals surface area contributed by atoms with Gasteiger partial charge in [-0.25, -0.2) is 4.79 Å². The molecule has 1 aromatic rings. The number of carbonyl (C=O) groups excluding carboxylic acids is 1. The minimum Gasteiger partial charge on any atom is -0.481 e. The number of carbonyl (C=O) groups is 2. The van der Waals surface area contributed by atoms with Crippen molar-refractivity contribution in [3.05, 3.63) is 29.6 Å². The van der Waals surface area contributed by atoms with Crippen LogP contribution in [-0.4, -0.2) is 40.1 Å². The topological polar surface area (TPSA) is 82.5 Å². The zero-order valence-corrected chi connectivity index (χ0v) is 11.7. The van der Waals surface area contributed by atoms with Gasteiger partial charge in [0.25, 0.3) is 0 Å². The number of pyridine rings is 1. The van der Waals surface area contributed by atoms with Gasteiger partial charge >= 0.3 is 12.0 Å². The fourth-order valence-electron chi connectivity index (χ4n) is 2.18. The molecule has 0 spiro atoms. The molecule has 0 saturated carbocycles. The molecule has 2 amide bonds. The Morgan fingerprint density at radius 2 is 2.25 bits per heavy atom. The molecule has 1 aliphatic heterocycles. The minimum atomic E-state index is -0.803. The number of aliphatic carboxylic acids is 1. The second-order valence-electron chi connectivity index (χ2n) is 5.25. The molecular formula is C14H19N3O3. The summed E-state index contributed by atoms with van der Waals surface area (Å²) in [6.07, 6.45) is 3.46. The average Bonchev–Trinajstić information content (AvgIpc) is 2.35. The Labute approximate surface area is 117 Å². The number of carboxylic acid groups (broad SMARTS) is 1. The Hall–Kier alpha value is -2.11. The fraction of sp³-hybridized carbons (Fsp3) is 0.500. The number of carboxylic acids is 1. The first-order valence-electron chi connectivity index (χ1n) is 6.64. The highest BCUT2D eigenvalue weighted by molar-refractivity contribution is 5.76. The number of nitrogens with zero attached hydrogens (tertiary/aromatic N) is 2. The standard InChI is InChI=1S/C14H19N3O3/c1-9-5-15-4-3-11(9)6-16-14(20)17-7-12(8-17)10(2)13(18)19/h3-5,10,12H,6-8H2,1-2H3,(H,16,20)(H,18,19). The third kappa shape index (κ3) is 3.07. The van der Waals surface area contributed by atoms with E-state index in [4.69, 9.17) is 5.11 Å². The van der Waals surface area contributed by atoms with Gasteiger partial charge in [0.2, 0.25) is 0 Å². The number of amides is 2. The van der Waals surface area contributed by atoms with Crippen LogP contribution in [-0.2, 0) is 11.3 Å². The van der Waals surface area contributed by atoms with E-state index in [1.165, 1.54) is 0 Å². The Morgan fingerprint density at radius 1 is 1.55 bits per heavy atom. The molecule has 0 radical (unpaired) electrons. The van der Waals surface area contributed by atoms with Crippen LogP contribution < -0.4 is 5.32 Å². The smallest absolute Gasteiger partial charge is 0.317 e. The summed E-state index contributed by atoms with van der Waals surface area (Å²) >= 11 is 0. The van der Waals surface area contributed by atoms with Crippen molar-refractivity contribution < 1.29 is 14.7 Å². The van der Waals surface area contributed by atoms with Crippen molar-refractivity contribution in [1.29, 1.82) is 0 Å². The van der Waals surface area contributed by atoms with Crippen LogP contribution in [0.3, 0.4) is 0 Å². The molecule has 1 unspecified atom stereocenters. The van der Waals surface area contributed by atoms with E-state index in [-0.39, 0.29) is 11.9 Å². The Balaban J connectivity index is 1.78. The third-order valence-corrected chi connectivity index (χ3v) is 3.86. The van der Waals surface area contributed by atoms with Crippen LogP contribution >= 0.6 is 0 Å². The molecule has 0 bridgehead atoms. The van der Waals surface area contributed by atoms with E-state index in [0.29, 0.717) is 19.6 Å². The summed E-state index contributed by atoms with van der Waals surface area (Å²) in [7, 11) is 0.